The Hall–Kier alpha value is -1.10. The van der Waals surface area contributed by atoms with Crippen molar-refractivity contribution in [3.63, 3.8) is 0 Å². The largest absolute Gasteiger partial charge is 0.381 e. The SMILES string of the molecule is CN=C(NCCCOCC1CCOC1)N1CCN(Cc2ccc(Cl)cc2)C(=O)C1.I. The molecule has 30 heavy (non-hydrogen) atoms. The molecule has 0 spiro atoms. The van der Waals surface area contributed by atoms with Crippen LogP contribution in [-0.2, 0) is 20.8 Å². The Labute approximate surface area is 201 Å². The summed E-state index contributed by atoms with van der Waals surface area (Å²) in [4.78, 5) is 20.8. The van der Waals surface area contributed by atoms with Crippen LogP contribution in [0.5, 0.6) is 0 Å². The maximum atomic E-state index is 12.6. The maximum absolute atomic E-state index is 12.6. The minimum absolute atomic E-state index is 0. The van der Waals surface area contributed by atoms with Crippen molar-refractivity contribution in [2.45, 2.75) is 19.4 Å². The summed E-state index contributed by atoms with van der Waals surface area (Å²) >= 11 is 5.93. The molecule has 2 heterocycles. The summed E-state index contributed by atoms with van der Waals surface area (Å²) in [7, 11) is 1.75. The standard InChI is InChI=1S/C21H31ClN4O3.HI/c1-23-21(24-8-2-11-28-15-18-7-12-29-16-18)26-10-9-25(20(27)14-26)13-17-3-5-19(22)6-4-17;/h3-6,18H,2,7-16H2,1H3,(H,23,24);1H. The molecule has 2 aliphatic rings. The van der Waals surface area contributed by atoms with Crippen molar-refractivity contribution in [3.8, 4) is 0 Å². The van der Waals surface area contributed by atoms with Crippen molar-refractivity contribution in [1.82, 2.24) is 15.1 Å². The lowest BCUT2D eigenvalue weighted by molar-refractivity contribution is -0.135. The molecule has 3 rings (SSSR count). The molecule has 0 bridgehead atoms. The number of hydrogen-bond donors (Lipinski definition) is 1. The Morgan fingerprint density at radius 2 is 2.13 bits per heavy atom. The molecule has 1 unspecified atom stereocenters. The highest BCUT2D eigenvalue weighted by Gasteiger charge is 2.25. The smallest absolute Gasteiger partial charge is 0.242 e. The summed E-state index contributed by atoms with van der Waals surface area (Å²) in [6, 6.07) is 7.64. The normalized spacial score (nSPS) is 19.7. The van der Waals surface area contributed by atoms with E-state index in [0.717, 1.165) is 57.3 Å². The molecule has 0 saturated carbocycles. The molecule has 2 aliphatic heterocycles. The molecular weight excluding hydrogens is 519 g/mol. The Bertz CT molecular complexity index is 683. The van der Waals surface area contributed by atoms with Gasteiger partial charge < -0.3 is 24.6 Å². The van der Waals surface area contributed by atoms with Crippen LogP contribution < -0.4 is 5.32 Å². The summed E-state index contributed by atoms with van der Waals surface area (Å²) in [6.45, 7) is 6.33. The van der Waals surface area contributed by atoms with Gasteiger partial charge in [0.1, 0.15) is 0 Å². The van der Waals surface area contributed by atoms with Crippen LogP contribution in [0.4, 0.5) is 0 Å². The fraction of sp³-hybridized carbons (Fsp3) is 0.619. The van der Waals surface area contributed by atoms with Crippen molar-refractivity contribution in [2.75, 3.05) is 59.7 Å². The fourth-order valence-electron chi connectivity index (χ4n) is 3.54. The molecule has 7 nitrogen and oxygen atoms in total. The van der Waals surface area contributed by atoms with Crippen molar-refractivity contribution < 1.29 is 14.3 Å². The molecule has 0 aromatic heterocycles. The van der Waals surface area contributed by atoms with Crippen molar-refractivity contribution in [1.29, 1.82) is 0 Å². The number of carbonyl (C=O) groups excluding carboxylic acids is 1. The van der Waals surface area contributed by atoms with Gasteiger partial charge in [-0.1, -0.05) is 23.7 Å². The van der Waals surface area contributed by atoms with E-state index >= 15 is 0 Å². The van der Waals surface area contributed by atoms with Gasteiger partial charge in [0, 0.05) is 57.4 Å². The number of halogens is 2. The highest BCUT2D eigenvalue weighted by Crippen LogP contribution is 2.14. The molecule has 1 aromatic rings. The lowest BCUT2D eigenvalue weighted by Crippen LogP contribution is -2.55. The predicted molar refractivity (Wildman–Crippen MR) is 130 cm³/mol. The molecule has 1 atom stereocenters. The minimum Gasteiger partial charge on any atom is -0.381 e. The third-order valence-corrected chi connectivity index (χ3v) is 5.49. The van der Waals surface area contributed by atoms with E-state index in [4.69, 9.17) is 21.1 Å². The zero-order valence-electron chi connectivity index (χ0n) is 17.5. The van der Waals surface area contributed by atoms with Crippen LogP contribution in [0.2, 0.25) is 5.02 Å². The van der Waals surface area contributed by atoms with Gasteiger partial charge in [-0.05, 0) is 30.5 Å². The first kappa shape index (κ1) is 25.2. The maximum Gasteiger partial charge on any atom is 0.242 e. The molecular formula is C21H32ClIN4O3. The number of aliphatic imine (C=N–C) groups is 1. The summed E-state index contributed by atoms with van der Waals surface area (Å²) in [5, 5.41) is 4.05. The number of rotatable bonds is 8. The Kier molecular flexibility index (Phi) is 11.2. The summed E-state index contributed by atoms with van der Waals surface area (Å²) in [5.74, 6) is 1.43. The number of carbonyl (C=O) groups is 1. The van der Waals surface area contributed by atoms with Crippen LogP contribution in [0.1, 0.15) is 18.4 Å². The van der Waals surface area contributed by atoms with E-state index in [1.165, 1.54) is 0 Å². The second-order valence-electron chi connectivity index (χ2n) is 7.50. The number of piperazine rings is 1. The summed E-state index contributed by atoms with van der Waals surface area (Å²) < 4.78 is 11.1. The topological polar surface area (TPSA) is 66.4 Å². The number of ether oxygens (including phenoxy) is 2. The lowest BCUT2D eigenvalue weighted by Gasteiger charge is -2.36. The summed E-state index contributed by atoms with van der Waals surface area (Å²) in [5.41, 5.74) is 1.09. The number of nitrogens with zero attached hydrogens (tertiary/aromatic N) is 3. The van der Waals surface area contributed by atoms with Gasteiger partial charge in [0.05, 0.1) is 19.8 Å². The van der Waals surface area contributed by atoms with E-state index in [0.29, 0.717) is 37.2 Å². The second-order valence-corrected chi connectivity index (χ2v) is 7.93. The van der Waals surface area contributed by atoms with Gasteiger partial charge in [0.15, 0.2) is 5.96 Å². The van der Waals surface area contributed by atoms with Crippen molar-refractivity contribution in [2.24, 2.45) is 10.9 Å². The lowest BCUT2D eigenvalue weighted by atomic mass is 10.1. The van der Waals surface area contributed by atoms with E-state index in [2.05, 4.69) is 10.3 Å². The molecule has 168 valence electrons. The van der Waals surface area contributed by atoms with Crippen LogP contribution in [0.15, 0.2) is 29.3 Å². The van der Waals surface area contributed by atoms with Gasteiger partial charge in [-0.25, -0.2) is 0 Å². The van der Waals surface area contributed by atoms with Crippen LogP contribution >= 0.6 is 35.6 Å². The van der Waals surface area contributed by atoms with E-state index < -0.39 is 0 Å². The molecule has 0 aliphatic carbocycles. The monoisotopic (exact) mass is 550 g/mol. The van der Waals surface area contributed by atoms with Crippen LogP contribution in [-0.4, -0.2) is 81.3 Å². The van der Waals surface area contributed by atoms with Crippen molar-refractivity contribution >= 4 is 47.4 Å². The number of guanidine groups is 1. The third-order valence-electron chi connectivity index (χ3n) is 5.24. The first-order valence-corrected chi connectivity index (χ1v) is 10.7. The Morgan fingerprint density at radius 1 is 1.33 bits per heavy atom. The van der Waals surface area contributed by atoms with E-state index in [9.17, 15) is 4.79 Å². The Morgan fingerprint density at radius 3 is 2.80 bits per heavy atom. The average Bonchev–Trinajstić information content (AvgIpc) is 3.24. The van der Waals surface area contributed by atoms with Gasteiger partial charge in [-0.3, -0.25) is 9.79 Å². The van der Waals surface area contributed by atoms with Crippen molar-refractivity contribution in [3.05, 3.63) is 34.9 Å². The third kappa shape index (κ3) is 7.86. The van der Waals surface area contributed by atoms with Crippen LogP contribution in [0.3, 0.4) is 0 Å². The molecule has 2 saturated heterocycles. The molecule has 1 N–H and O–H groups in total. The number of hydrogen-bond acceptors (Lipinski definition) is 4. The molecule has 1 amide bonds. The van der Waals surface area contributed by atoms with Crippen LogP contribution in [0.25, 0.3) is 0 Å². The molecule has 2 fully saturated rings. The summed E-state index contributed by atoms with van der Waals surface area (Å²) in [6.07, 6.45) is 2.00. The fourth-order valence-corrected chi connectivity index (χ4v) is 3.66. The predicted octanol–water partition coefficient (Wildman–Crippen LogP) is 2.62. The number of benzene rings is 1. The second kappa shape index (κ2) is 13.3. The minimum atomic E-state index is 0. The van der Waals surface area contributed by atoms with Gasteiger partial charge in [0.25, 0.3) is 0 Å². The van der Waals surface area contributed by atoms with Gasteiger partial charge in [-0.15, -0.1) is 24.0 Å². The molecule has 9 heteroatoms. The first-order valence-electron chi connectivity index (χ1n) is 10.3. The first-order chi connectivity index (χ1) is 14.2. The zero-order chi connectivity index (χ0) is 20.5. The highest BCUT2D eigenvalue weighted by molar-refractivity contribution is 14.0. The van der Waals surface area contributed by atoms with Gasteiger partial charge in [-0.2, -0.15) is 0 Å². The zero-order valence-corrected chi connectivity index (χ0v) is 20.6. The van der Waals surface area contributed by atoms with E-state index in [1.807, 2.05) is 34.1 Å². The van der Waals surface area contributed by atoms with Gasteiger partial charge in [0.2, 0.25) is 5.91 Å². The Balaban J connectivity index is 0.00000320. The molecule has 0 radical (unpaired) electrons. The van der Waals surface area contributed by atoms with E-state index in [1.54, 1.807) is 7.05 Å². The molecule has 1 aromatic carbocycles. The van der Waals surface area contributed by atoms with Crippen LogP contribution in [0, 0.1) is 5.92 Å². The van der Waals surface area contributed by atoms with E-state index in [-0.39, 0.29) is 29.9 Å². The number of amides is 1. The quantitative estimate of drug-likeness (QED) is 0.233. The average molecular weight is 551 g/mol. The number of nitrogens with one attached hydrogen (secondary N) is 1. The van der Waals surface area contributed by atoms with Gasteiger partial charge >= 0.3 is 0 Å². The highest BCUT2D eigenvalue weighted by atomic mass is 127.